The normalized spacial score (nSPS) is 9.12. The van der Waals surface area contributed by atoms with Gasteiger partial charge in [0.2, 0.25) is 0 Å². The molecule has 0 fully saturated rings. The molecule has 0 aliphatic rings. The average molecular weight is 205 g/mol. The summed E-state index contributed by atoms with van der Waals surface area (Å²) in [6.45, 7) is 0. The Balaban J connectivity index is 2.51. The highest BCUT2D eigenvalue weighted by Crippen LogP contribution is 2.18. The molecule has 0 atom stereocenters. The van der Waals surface area contributed by atoms with E-state index >= 15 is 0 Å². The van der Waals surface area contributed by atoms with Gasteiger partial charge in [0.15, 0.2) is 0 Å². The summed E-state index contributed by atoms with van der Waals surface area (Å²) in [5.41, 5.74) is 2.70. The van der Waals surface area contributed by atoms with E-state index in [9.17, 15) is 0 Å². The molecular formula is C13H7N3. The van der Waals surface area contributed by atoms with E-state index in [4.69, 9.17) is 10.5 Å². The lowest BCUT2D eigenvalue weighted by molar-refractivity contribution is 1.31. The fourth-order valence-corrected chi connectivity index (χ4v) is 1.41. The third-order valence-electron chi connectivity index (χ3n) is 2.18. The van der Waals surface area contributed by atoms with Crippen LogP contribution in [0.2, 0.25) is 0 Å². The zero-order valence-electron chi connectivity index (χ0n) is 8.38. The van der Waals surface area contributed by atoms with Crippen molar-refractivity contribution in [3.63, 3.8) is 0 Å². The molecule has 0 radical (unpaired) electrons. The second-order valence-corrected chi connectivity index (χ2v) is 3.23. The van der Waals surface area contributed by atoms with Crippen LogP contribution in [0, 0.1) is 22.7 Å². The first-order valence-electron chi connectivity index (χ1n) is 4.70. The highest BCUT2D eigenvalue weighted by atomic mass is 14.7. The Kier molecular flexibility index (Phi) is 2.63. The number of hydrogen-bond acceptors (Lipinski definition) is 3. The molecule has 0 saturated carbocycles. The molecule has 1 heterocycles. The number of aromatic nitrogens is 1. The van der Waals surface area contributed by atoms with Crippen molar-refractivity contribution in [2.45, 2.75) is 0 Å². The number of rotatable bonds is 1. The summed E-state index contributed by atoms with van der Waals surface area (Å²) in [5.74, 6) is 0. The highest BCUT2D eigenvalue weighted by molar-refractivity contribution is 5.62. The molecule has 0 N–H and O–H groups in total. The van der Waals surface area contributed by atoms with Crippen LogP contribution in [-0.4, -0.2) is 4.98 Å². The van der Waals surface area contributed by atoms with E-state index in [0.717, 1.165) is 5.56 Å². The molecule has 0 amide bonds. The Bertz CT molecular complexity index is 548. The van der Waals surface area contributed by atoms with E-state index in [1.54, 1.807) is 36.5 Å². The summed E-state index contributed by atoms with van der Waals surface area (Å²) < 4.78 is 0. The van der Waals surface area contributed by atoms with Crippen LogP contribution in [0.15, 0.2) is 42.6 Å². The van der Waals surface area contributed by atoms with Gasteiger partial charge in [0.05, 0.1) is 29.0 Å². The van der Waals surface area contributed by atoms with E-state index in [1.165, 1.54) is 0 Å². The fraction of sp³-hybridized carbons (Fsp3) is 0. The number of nitriles is 2. The Morgan fingerprint density at radius 1 is 0.938 bits per heavy atom. The van der Waals surface area contributed by atoms with Gasteiger partial charge in [-0.1, -0.05) is 12.1 Å². The minimum atomic E-state index is 0.562. The highest BCUT2D eigenvalue weighted by Gasteiger charge is 2.01. The van der Waals surface area contributed by atoms with Crippen LogP contribution in [-0.2, 0) is 0 Å². The Morgan fingerprint density at radius 3 is 2.44 bits per heavy atom. The first kappa shape index (κ1) is 9.89. The molecule has 1 aromatic heterocycles. The van der Waals surface area contributed by atoms with Gasteiger partial charge >= 0.3 is 0 Å². The van der Waals surface area contributed by atoms with Gasteiger partial charge in [-0.15, -0.1) is 0 Å². The van der Waals surface area contributed by atoms with Gasteiger partial charge in [-0.3, -0.25) is 4.98 Å². The van der Waals surface area contributed by atoms with Crippen LogP contribution in [0.3, 0.4) is 0 Å². The molecule has 74 valence electrons. The first-order chi connectivity index (χ1) is 7.83. The van der Waals surface area contributed by atoms with Crippen LogP contribution in [0.25, 0.3) is 11.3 Å². The van der Waals surface area contributed by atoms with Crippen LogP contribution in [0.4, 0.5) is 0 Å². The maximum absolute atomic E-state index is 8.79. The molecule has 0 aliphatic heterocycles. The molecule has 16 heavy (non-hydrogen) atoms. The third kappa shape index (κ3) is 1.89. The zero-order chi connectivity index (χ0) is 11.4. The van der Waals surface area contributed by atoms with Crippen molar-refractivity contribution in [1.29, 1.82) is 10.5 Å². The van der Waals surface area contributed by atoms with Crippen molar-refractivity contribution in [3.8, 4) is 23.4 Å². The van der Waals surface area contributed by atoms with Crippen LogP contribution < -0.4 is 0 Å². The van der Waals surface area contributed by atoms with E-state index < -0.39 is 0 Å². The standard InChI is InChI=1S/C13H7N3/c14-8-10-2-1-3-12(6-10)13-7-11(9-15)4-5-16-13/h1-7H. The Morgan fingerprint density at radius 2 is 1.69 bits per heavy atom. The van der Waals surface area contributed by atoms with Gasteiger partial charge in [-0.25, -0.2) is 0 Å². The smallest absolute Gasteiger partial charge is 0.0992 e. The van der Waals surface area contributed by atoms with Crippen molar-refractivity contribution in [3.05, 3.63) is 53.7 Å². The molecule has 3 nitrogen and oxygen atoms in total. The van der Waals surface area contributed by atoms with Gasteiger partial charge in [0, 0.05) is 11.8 Å². The topological polar surface area (TPSA) is 60.5 Å². The van der Waals surface area contributed by atoms with Crippen LogP contribution >= 0.6 is 0 Å². The van der Waals surface area contributed by atoms with Crippen molar-refractivity contribution in [2.24, 2.45) is 0 Å². The number of hydrogen-bond donors (Lipinski definition) is 0. The summed E-state index contributed by atoms with van der Waals surface area (Å²) in [5, 5.41) is 17.6. The predicted octanol–water partition coefficient (Wildman–Crippen LogP) is 2.49. The fourth-order valence-electron chi connectivity index (χ4n) is 1.41. The monoisotopic (exact) mass is 205 g/mol. The molecular weight excluding hydrogens is 198 g/mol. The lowest BCUT2D eigenvalue weighted by Crippen LogP contribution is -1.85. The van der Waals surface area contributed by atoms with Crippen molar-refractivity contribution in [2.75, 3.05) is 0 Å². The van der Waals surface area contributed by atoms with Crippen LogP contribution in [0.1, 0.15) is 11.1 Å². The predicted molar refractivity (Wildman–Crippen MR) is 59.1 cm³/mol. The largest absolute Gasteiger partial charge is 0.256 e. The van der Waals surface area contributed by atoms with E-state index in [1.807, 2.05) is 6.07 Å². The number of nitrogens with zero attached hydrogens (tertiary/aromatic N) is 3. The lowest BCUT2D eigenvalue weighted by atomic mass is 10.1. The lowest BCUT2D eigenvalue weighted by Gasteiger charge is -2.00. The molecule has 0 aliphatic carbocycles. The van der Waals surface area contributed by atoms with Crippen molar-refractivity contribution in [1.82, 2.24) is 4.98 Å². The molecule has 2 rings (SSSR count). The quantitative estimate of drug-likeness (QED) is 0.718. The minimum Gasteiger partial charge on any atom is -0.256 e. The number of pyridine rings is 1. The van der Waals surface area contributed by atoms with Gasteiger partial charge in [-0.05, 0) is 24.3 Å². The average Bonchev–Trinajstić information content (AvgIpc) is 2.39. The zero-order valence-corrected chi connectivity index (χ0v) is 8.38. The Labute approximate surface area is 93.2 Å². The molecule has 1 aromatic carbocycles. The summed E-state index contributed by atoms with van der Waals surface area (Å²) in [6, 6.07) is 14.6. The third-order valence-corrected chi connectivity index (χ3v) is 2.18. The molecule has 0 bridgehead atoms. The summed E-state index contributed by atoms with van der Waals surface area (Å²) in [7, 11) is 0. The first-order valence-corrected chi connectivity index (χ1v) is 4.70. The van der Waals surface area contributed by atoms with E-state index in [0.29, 0.717) is 16.8 Å². The van der Waals surface area contributed by atoms with Gasteiger partial charge in [0.25, 0.3) is 0 Å². The molecule has 0 unspecified atom stereocenters. The summed E-state index contributed by atoms with van der Waals surface area (Å²) >= 11 is 0. The van der Waals surface area contributed by atoms with Crippen molar-refractivity contribution >= 4 is 0 Å². The second kappa shape index (κ2) is 4.25. The summed E-state index contributed by atoms with van der Waals surface area (Å²) in [6.07, 6.45) is 1.59. The van der Waals surface area contributed by atoms with E-state index in [2.05, 4.69) is 17.1 Å². The van der Waals surface area contributed by atoms with E-state index in [-0.39, 0.29) is 0 Å². The Hall–Kier alpha value is -2.65. The van der Waals surface area contributed by atoms with Crippen molar-refractivity contribution < 1.29 is 0 Å². The van der Waals surface area contributed by atoms with Crippen LogP contribution in [0.5, 0.6) is 0 Å². The minimum absolute atomic E-state index is 0.562. The number of benzene rings is 1. The maximum atomic E-state index is 8.79. The van der Waals surface area contributed by atoms with Gasteiger partial charge in [-0.2, -0.15) is 10.5 Å². The summed E-state index contributed by atoms with van der Waals surface area (Å²) in [4.78, 5) is 4.17. The molecule has 3 heteroatoms. The van der Waals surface area contributed by atoms with Gasteiger partial charge < -0.3 is 0 Å². The second-order valence-electron chi connectivity index (χ2n) is 3.23. The molecule has 0 spiro atoms. The maximum Gasteiger partial charge on any atom is 0.0992 e. The molecule has 0 saturated heterocycles. The SMILES string of the molecule is N#Cc1cccc(-c2cc(C#N)ccn2)c1. The van der Waals surface area contributed by atoms with Gasteiger partial charge in [0.1, 0.15) is 0 Å². The molecule has 2 aromatic rings.